The molecular formula is C24H42O4. The van der Waals surface area contributed by atoms with E-state index in [2.05, 4.69) is 13.8 Å². The molecule has 0 radical (unpaired) electrons. The van der Waals surface area contributed by atoms with Gasteiger partial charge in [0.15, 0.2) is 0 Å². The Bertz CT molecular complexity index is 471. The average Bonchev–Trinajstić information content (AvgIpc) is 3.03. The highest BCUT2D eigenvalue weighted by atomic mass is 16.5. The first-order valence-electron chi connectivity index (χ1n) is 11.6. The second kappa shape index (κ2) is 14.8. The van der Waals surface area contributed by atoms with Gasteiger partial charge < -0.3 is 9.84 Å². The van der Waals surface area contributed by atoms with Crippen LogP contribution < -0.4 is 0 Å². The molecule has 1 aliphatic rings. The van der Waals surface area contributed by atoms with Crippen molar-refractivity contribution in [3.05, 3.63) is 12.2 Å². The molecule has 1 rings (SSSR count). The number of esters is 1. The lowest BCUT2D eigenvalue weighted by Crippen LogP contribution is -2.22. The number of unbranched alkanes of at least 4 members (excludes halogenated alkanes) is 3. The quantitative estimate of drug-likeness (QED) is 0.222. The van der Waals surface area contributed by atoms with E-state index in [0.29, 0.717) is 30.6 Å². The maximum Gasteiger partial charge on any atom is 0.330 e. The first-order valence-corrected chi connectivity index (χ1v) is 11.6. The van der Waals surface area contributed by atoms with Crippen LogP contribution >= 0.6 is 0 Å². The molecule has 0 aliphatic heterocycles. The van der Waals surface area contributed by atoms with Gasteiger partial charge in [-0.2, -0.15) is 0 Å². The number of carbonyl (C=O) groups excluding carboxylic acids is 2. The lowest BCUT2D eigenvalue weighted by molar-refractivity contribution is -0.137. The largest absolute Gasteiger partial charge is 0.463 e. The number of Topliss-reactive ketones (excluding diaryl/α,β-unsaturated/α-hetero) is 1. The number of aliphatic hydroxyl groups excluding tert-OH is 1. The highest BCUT2D eigenvalue weighted by Crippen LogP contribution is 2.37. The van der Waals surface area contributed by atoms with Crippen LogP contribution in [0.25, 0.3) is 0 Å². The molecular weight excluding hydrogens is 352 g/mol. The Morgan fingerprint density at radius 3 is 2.64 bits per heavy atom. The summed E-state index contributed by atoms with van der Waals surface area (Å²) < 4.78 is 4.86. The van der Waals surface area contributed by atoms with Crippen molar-refractivity contribution >= 4 is 11.8 Å². The summed E-state index contributed by atoms with van der Waals surface area (Å²) in [4.78, 5) is 23.6. The van der Waals surface area contributed by atoms with E-state index in [1.807, 2.05) is 6.08 Å². The number of aliphatic hydroxyl groups is 1. The first-order chi connectivity index (χ1) is 13.5. The zero-order valence-corrected chi connectivity index (χ0v) is 18.3. The van der Waals surface area contributed by atoms with Gasteiger partial charge in [0, 0.05) is 18.4 Å². The van der Waals surface area contributed by atoms with Crippen LogP contribution in [0.5, 0.6) is 0 Å². The molecule has 28 heavy (non-hydrogen) atoms. The van der Waals surface area contributed by atoms with Crippen LogP contribution in [0.4, 0.5) is 0 Å². The average molecular weight is 395 g/mol. The summed E-state index contributed by atoms with van der Waals surface area (Å²) in [6, 6.07) is 0. The lowest BCUT2D eigenvalue weighted by atomic mass is 9.83. The molecule has 0 aromatic rings. The maximum absolute atomic E-state index is 12.3. The topological polar surface area (TPSA) is 63.6 Å². The number of hydrogen-bond donors (Lipinski definition) is 1. The molecule has 1 N–H and O–H groups in total. The lowest BCUT2D eigenvalue weighted by Gasteiger charge is -2.24. The van der Waals surface area contributed by atoms with Crippen LogP contribution in [-0.4, -0.2) is 29.6 Å². The van der Waals surface area contributed by atoms with Crippen molar-refractivity contribution in [3.63, 3.8) is 0 Å². The van der Waals surface area contributed by atoms with E-state index in [4.69, 9.17) is 4.74 Å². The van der Waals surface area contributed by atoms with Crippen LogP contribution in [0, 0.1) is 17.8 Å². The summed E-state index contributed by atoms with van der Waals surface area (Å²) in [5, 5.41) is 10.6. The number of hydrogen-bond acceptors (Lipinski definition) is 4. The molecule has 4 atom stereocenters. The standard InChI is InChI=1S/C24H42O4/c1-4-7-12-19(5-2)22(25)17-15-20-16-18-23(26)21(20)13-10-8-9-11-14-24(27)28-6-3/h11,14,19-22,25H,4-10,12-13,15-18H2,1-3H3/t19?,20-,21+,22?/m0/s1. The van der Waals surface area contributed by atoms with Gasteiger partial charge in [-0.15, -0.1) is 0 Å². The predicted octanol–water partition coefficient (Wildman–Crippen LogP) is 5.62. The third-order valence-electron chi connectivity index (χ3n) is 6.25. The molecule has 0 saturated heterocycles. The van der Waals surface area contributed by atoms with Gasteiger partial charge in [-0.25, -0.2) is 4.79 Å². The van der Waals surface area contributed by atoms with Crippen molar-refractivity contribution in [2.24, 2.45) is 17.8 Å². The zero-order chi connectivity index (χ0) is 20.8. The number of carbonyl (C=O) groups is 2. The predicted molar refractivity (Wildman–Crippen MR) is 114 cm³/mol. The normalized spacial score (nSPS) is 21.9. The molecule has 162 valence electrons. The number of rotatable bonds is 15. The van der Waals surface area contributed by atoms with Gasteiger partial charge >= 0.3 is 5.97 Å². The second-order valence-corrected chi connectivity index (χ2v) is 8.27. The van der Waals surface area contributed by atoms with E-state index in [1.54, 1.807) is 6.92 Å². The van der Waals surface area contributed by atoms with Gasteiger partial charge in [0.1, 0.15) is 5.78 Å². The van der Waals surface area contributed by atoms with Crippen molar-refractivity contribution in [2.75, 3.05) is 6.61 Å². The van der Waals surface area contributed by atoms with Gasteiger partial charge in [-0.1, -0.05) is 45.6 Å². The molecule has 1 fully saturated rings. The highest BCUT2D eigenvalue weighted by molar-refractivity contribution is 5.83. The van der Waals surface area contributed by atoms with E-state index in [-0.39, 0.29) is 18.0 Å². The third kappa shape index (κ3) is 9.36. The second-order valence-electron chi connectivity index (χ2n) is 8.27. The summed E-state index contributed by atoms with van der Waals surface area (Å²) in [6.45, 7) is 6.57. The molecule has 0 aromatic heterocycles. The Labute approximate surface area is 172 Å². The minimum atomic E-state index is -0.281. The zero-order valence-electron chi connectivity index (χ0n) is 18.3. The van der Waals surface area contributed by atoms with E-state index < -0.39 is 0 Å². The number of allylic oxidation sites excluding steroid dienone is 1. The Morgan fingerprint density at radius 2 is 1.96 bits per heavy atom. The van der Waals surface area contributed by atoms with Crippen molar-refractivity contribution in [1.29, 1.82) is 0 Å². The van der Waals surface area contributed by atoms with E-state index in [1.165, 1.54) is 18.9 Å². The van der Waals surface area contributed by atoms with Crippen LogP contribution in [0.3, 0.4) is 0 Å². The molecule has 0 amide bonds. The molecule has 4 heteroatoms. The van der Waals surface area contributed by atoms with Gasteiger partial charge in [0.25, 0.3) is 0 Å². The Morgan fingerprint density at radius 1 is 1.18 bits per heavy atom. The molecule has 1 saturated carbocycles. The fourth-order valence-electron chi connectivity index (χ4n) is 4.47. The smallest absolute Gasteiger partial charge is 0.330 e. The fourth-order valence-corrected chi connectivity index (χ4v) is 4.47. The van der Waals surface area contributed by atoms with Crippen LogP contribution in [-0.2, 0) is 14.3 Å². The first kappa shape index (κ1) is 24.9. The molecule has 1 aliphatic carbocycles. The summed E-state index contributed by atoms with van der Waals surface area (Å²) in [6.07, 6.45) is 14.9. The third-order valence-corrected chi connectivity index (χ3v) is 6.25. The molecule has 4 nitrogen and oxygen atoms in total. The van der Waals surface area contributed by atoms with Crippen LogP contribution in [0.2, 0.25) is 0 Å². The summed E-state index contributed by atoms with van der Waals surface area (Å²) in [5.74, 6) is 1.16. The summed E-state index contributed by atoms with van der Waals surface area (Å²) in [7, 11) is 0. The van der Waals surface area contributed by atoms with E-state index in [9.17, 15) is 14.7 Å². The summed E-state index contributed by atoms with van der Waals surface area (Å²) >= 11 is 0. The SMILES string of the molecule is CCCCC(CC)C(O)CC[C@H]1CCC(=O)[C@@H]1CCCCC=CC(=O)OCC. The van der Waals surface area contributed by atoms with Gasteiger partial charge in [-0.05, 0) is 63.7 Å². The minimum Gasteiger partial charge on any atom is -0.463 e. The van der Waals surface area contributed by atoms with Crippen LogP contribution in [0.15, 0.2) is 12.2 Å². The van der Waals surface area contributed by atoms with E-state index >= 15 is 0 Å². The van der Waals surface area contributed by atoms with Gasteiger partial charge in [-0.3, -0.25) is 4.79 Å². The van der Waals surface area contributed by atoms with Gasteiger partial charge in [0.2, 0.25) is 0 Å². The van der Waals surface area contributed by atoms with Crippen molar-refractivity contribution < 1.29 is 19.4 Å². The molecule has 2 unspecified atom stereocenters. The molecule has 0 spiro atoms. The molecule has 0 bridgehead atoms. The Hall–Kier alpha value is -1.16. The van der Waals surface area contributed by atoms with Crippen molar-refractivity contribution in [3.8, 4) is 0 Å². The Balaban J connectivity index is 2.32. The minimum absolute atomic E-state index is 0.178. The molecule has 0 aromatic carbocycles. The van der Waals surface area contributed by atoms with Crippen molar-refractivity contribution in [2.45, 2.75) is 104 Å². The maximum atomic E-state index is 12.3. The number of ketones is 1. The number of ether oxygens (including phenoxy) is 1. The monoisotopic (exact) mass is 394 g/mol. The Kier molecular flexibility index (Phi) is 13.1. The fraction of sp³-hybridized carbons (Fsp3) is 0.833. The highest BCUT2D eigenvalue weighted by Gasteiger charge is 2.34. The van der Waals surface area contributed by atoms with Crippen LogP contribution in [0.1, 0.15) is 97.8 Å². The summed E-state index contributed by atoms with van der Waals surface area (Å²) in [5.41, 5.74) is 0. The van der Waals surface area contributed by atoms with Gasteiger partial charge in [0.05, 0.1) is 12.7 Å². The van der Waals surface area contributed by atoms with Crippen molar-refractivity contribution in [1.82, 2.24) is 0 Å². The van der Waals surface area contributed by atoms with E-state index in [0.717, 1.165) is 57.8 Å². The molecule has 0 heterocycles.